The lowest BCUT2D eigenvalue weighted by Crippen LogP contribution is -2.36. The van der Waals surface area contributed by atoms with Crippen LogP contribution in [0.5, 0.6) is 0 Å². The van der Waals surface area contributed by atoms with E-state index < -0.39 is 23.3 Å². The van der Waals surface area contributed by atoms with Crippen LogP contribution in [-0.2, 0) is 19.7 Å². The molecule has 9 nitrogen and oxygen atoms in total. The third-order valence-electron chi connectivity index (χ3n) is 7.06. The monoisotopic (exact) mass is 525 g/mol. The third-order valence-corrected chi connectivity index (χ3v) is 7.06. The Bertz CT molecular complexity index is 1440. The molecule has 1 N–H and O–H groups in total. The molecule has 1 aliphatic carbocycles. The third kappa shape index (κ3) is 4.90. The second-order valence-electron chi connectivity index (χ2n) is 9.36. The zero-order chi connectivity index (χ0) is 27.6. The number of rotatable bonds is 8. The average molecular weight is 526 g/mol. The summed E-state index contributed by atoms with van der Waals surface area (Å²) >= 11 is 0. The molecule has 1 heterocycles. The molecule has 1 aliphatic heterocycles. The normalized spacial score (nSPS) is 15.5. The van der Waals surface area contributed by atoms with E-state index in [1.165, 1.54) is 7.11 Å². The Morgan fingerprint density at radius 2 is 1.46 bits per heavy atom. The number of carbonyl (C=O) groups excluding carboxylic acids is 4. The minimum Gasteiger partial charge on any atom is -0.468 e. The second kappa shape index (κ2) is 10.5. The van der Waals surface area contributed by atoms with Crippen molar-refractivity contribution in [3.63, 3.8) is 0 Å². The number of hydrazone groups is 1. The number of esters is 1. The Morgan fingerprint density at radius 3 is 1.97 bits per heavy atom. The molecule has 1 fully saturated rings. The van der Waals surface area contributed by atoms with E-state index in [2.05, 4.69) is 10.5 Å². The molecule has 3 amide bonds. The fraction of sp³-hybridized carbons (Fsp3) is 0.233. The van der Waals surface area contributed by atoms with Crippen molar-refractivity contribution in [1.82, 2.24) is 10.3 Å². The Kier molecular flexibility index (Phi) is 6.98. The highest BCUT2D eigenvalue weighted by Crippen LogP contribution is 2.49. The van der Waals surface area contributed by atoms with Crippen molar-refractivity contribution in [1.29, 1.82) is 0 Å². The van der Waals surface area contributed by atoms with E-state index in [1.807, 2.05) is 48.5 Å². The molecule has 198 valence electrons. The largest absolute Gasteiger partial charge is 0.468 e. The van der Waals surface area contributed by atoms with Crippen LogP contribution in [0.4, 0.5) is 4.79 Å². The lowest BCUT2D eigenvalue weighted by Gasteiger charge is -2.16. The van der Waals surface area contributed by atoms with Gasteiger partial charge in [-0.2, -0.15) is 5.10 Å². The lowest BCUT2D eigenvalue weighted by atomic mass is 9.93. The number of nitrogens with one attached hydrogen (secondary N) is 1. The number of carbonyl (C=O) groups is 4. The second-order valence-corrected chi connectivity index (χ2v) is 9.36. The van der Waals surface area contributed by atoms with Crippen LogP contribution in [0.1, 0.15) is 51.6 Å². The molecule has 2 aliphatic rings. The summed E-state index contributed by atoms with van der Waals surface area (Å²) in [5.41, 5.74) is 6.22. The minimum atomic E-state index is -0.741. The highest BCUT2D eigenvalue weighted by molar-refractivity contribution is 6.23. The zero-order valence-electron chi connectivity index (χ0n) is 21.6. The summed E-state index contributed by atoms with van der Waals surface area (Å²) in [7, 11) is 1.41. The van der Waals surface area contributed by atoms with Gasteiger partial charge < -0.3 is 9.47 Å². The first-order valence-electron chi connectivity index (χ1n) is 12.6. The van der Waals surface area contributed by atoms with Crippen molar-refractivity contribution in [3.8, 4) is 11.1 Å². The molecule has 0 bridgehead atoms. The van der Waals surface area contributed by atoms with Crippen LogP contribution in [0.2, 0.25) is 0 Å². The maximum Gasteiger partial charge on any atom is 0.427 e. The quantitative estimate of drug-likeness (QED) is 0.203. The van der Waals surface area contributed by atoms with Crippen molar-refractivity contribution in [3.05, 3.63) is 95.1 Å². The van der Waals surface area contributed by atoms with Crippen molar-refractivity contribution < 1.29 is 28.7 Å². The van der Waals surface area contributed by atoms with Gasteiger partial charge in [-0.15, -0.1) is 0 Å². The molecule has 3 aromatic rings. The summed E-state index contributed by atoms with van der Waals surface area (Å²) in [4.78, 5) is 51.1. The van der Waals surface area contributed by atoms with E-state index in [0.717, 1.165) is 34.4 Å². The number of hydrogen-bond acceptors (Lipinski definition) is 7. The number of benzene rings is 3. The number of methoxy groups -OCH3 is 1. The van der Waals surface area contributed by atoms with E-state index in [4.69, 9.17) is 9.47 Å². The van der Waals surface area contributed by atoms with Gasteiger partial charge in [0.25, 0.3) is 11.8 Å². The molecule has 0 unspecified atom stereocenters. The van der Waals surface area contributed by atoms with Crippen LogP contribution in [-0.4, -0.2) is 54.7 Å². The number of amides is 3. The van der Waals surface area contributed by atoms with Gasteiger partial charge in [0.2, 0.25) is 0 Å². The highest BCUT2D eigenvalue weighted by atomic mass is 16.5. The Morgan fingerprint density at radius 1 is 0.897 bits per heavy atom. The molecule has 39 heavy (non-hydrogen) atoms. The zero-order valence-corrected chi connectivity index (χ0v) is 21.6. The number of hydrogen-bond donors (Lipinski definition) is 1. The molecule has 0 aromatic heterocycles. The summed E-state index contributed by atoms with van der Waals surface area (Å²) < 4.78 is 9.87. The fourth-order valence-electron chi connectivity index (χ4n) is 4.77. The Balaban J connectivity index is 1.38. The van der Waals surface area contributed by atoms with Crippen LogP contribution in [0.15, 0.2) is 77.9 Å². The maximum atomic E-state index is 12.9. The van der Waals surface area contributed by atoms with Crippen molar-refractivity contribution in [2.75, 3.05) is 20.3 Å². The fourth-order valence-corrected chi connectivity index (χ4v) is 4.77. The molecule has 0 saturated heterocycles. The molecule has 9 heteroatoms. The van der Waals surface area contributed by atoms with Crippen LogP contribution >= 0.6 is 0 Å². The number of imide groups is 1. The summed E-state index contributed by atoms with van der Waals surface area (Å²) in [6.07, 6.45) is 0.820. The standard InChI is InChI=1S/C30H27N3O6/c1-3-39-29(37)32-31-25(18-33-26(34)23-6-4-5-7-24(23)27(33)35)21-10-8-19(9-11-21)20-12-14-22(15-13-20)30(16-17-30)28(36)38-2/h4-15H,3,16-18H2,1-2H3,(H,32,37)/b31-25-. The van der Waals surface area contributed by atoms with Crippen molar-refractivity contribution in [2.24, 2.45) is 5.10 Å². The average Bonchev–Trinajstić information content (AvgIpc) is 3.75. The topological polar surface area (TPSA) is 114 Å². The molecular formula is C30H27N3O6. The first kappa shape index (κ1) is 25.8. The van der Waals surface area contributed by atoms with Gasteiger partial charge in [-0.25, -0.2) is 10.2 Å². The summed E-state index contributed by atoms with van der Waals surface area (Å²) in [6.45, 7) is 1.71. The van der Waals surface area contributed by atoms with Crippen LogP contribution in [0.25, 0.3) is 11.1 Å². The van der Waals surface area contributed by atoms with Crippen LogP contribution in [0, 0.1) is 0 Å². The van der Waals surface area contributed by atoms with Crippen LogP contribution in [0.3, 0.4) is 0 Å². The molecule has 5 rings (SSSR count). The van der Waals surface area contributed by atoms with Gasteiger partial charge in [-0.05, 0) is 54.2 Å². The first-order valence-corrected chi connectivity index (χ1v) is 12.6. The van der Waals surface area contributed by atoms with Crippen molar-refractivity contribution >= 4 is 29.6 Å². The summed E-state index contributed by atoms with van der Waals surface area (Å²) in [5, 5.41) is 4.18. The summed E-state index contributed by atoms with van der Waals surface area (Å²) in [5.74, 6) is -1.05. The smallest absolute Gasteiger partial charge is 0.427 e. The Labute approximate surface area is 225 Å². The van der Waals surface area contributed by atoms with Gasteiger partial charge in [0.05, 0.1) is 42.5 Å². The lowest BCUT2D eigenvalue weighted by molar-refractivity contribution is -0.143. The van der Waals surface area contributed by atoms with E-state index in [-0.39, 0.29) is 19.1 Å². The molecule has 0 atom stereocenters. The van der Waals surface area contributed by atoms with E-state index in [0.29, 0.717) is 22.4 Å². The molecule has 3 aromatic carbocycles. The van der Waals surface area contributed by atoms with Gasteiger partial charge in [-0.1, -0.05) is 60.7 Å². The van der Waals surface area contributed by atoms with Gasteiger partial charge in [0, 0.05) is 0 Å². The van der Waals surface area contributed by atoms with Gasteiger partial charge >= 0.3 is 12.1 Å². The predicted octanol–water partition coefficient (Wildman–Crippen LogP) is 4.30. The molecule has 1 saturated carbocycles. The number of fused-ring (bicyclic) bond motifs is 1. The SMILES string of the molecule is CCOC(=O)N/N=C(/CN1C(=O)c2ccccc2C1=O)c1ccc(-c2ccc(C3(C(=O)OC)CC3)cc2)cc1. The first-order chi connectivity index (χ1) is 18.9. The maximum absolute atomic E-state index is 12.9. The van der Waals surface area contributed by atoms with Crippen molar-refractivity contribution in [2.45, 2.75) is 25.2 Å². The van der Waals surface area contributed by atoms with Gasteiger partial charge in [-0.3, -0.25) is 19.3 Å². The number of ether oxygens (including phenoxy) is 2. The number of nitrogens with zero attached hydrogens (tertiary/aromatic N) is 2. The molecule has 0 radical (unpaired) electrons. The predicted molar refractivity (Wildman–Crippen MR) is 143 cm³/mol. The highest BCUT2D eigenvalue weighted by Gasteiger charge is 2.52. The Hall–Kier alpha value is -4.79. The van der Waals surface area contributed by atoms with Crippen LogP contribution < -0.4 is 5.43 Å². The minimum absolute atomic E-state index is 0.137. The molecule has 0 spiro atoms. The van der Waals surface area contributed by atoms with Gasteiger partial charge in [0.1, 0.15) is 0 Å². The van der Waals surface area contributed by atoms with E-state index in [1.54, 1.807) is 31.2 Å². The van der Waals surface area contributed by atoms with E-state index >= 15 is 0 Å². The summed E-state index contributed by atoms with van der Waals surface area (Å²) in [6, 6.07) is 21.8. The van der Waals surface area contributed by atoms with E-state index in [9.17, 15) is 19.2 Å². The molecular weight excluding hydrogens is 498 g/mol. The van der Waals surface area contributed by atoms with Gasteiger partial charge in [0.15, 0.2) is 0 Å².